The van der Waals surface area contributed by atoms with Gasteiger partial charge in [-0.05, 0) is 56.2 Å². The highest BCUT2D eigenvalue weighted by Gasteiger charge is 2.27. The number of carbonyl (C=O) groups excluding carboxylic acids is 1. The molecule has 0 aliphatic carbocycles. The molecule has 0 radical (unpaired) electrons. The van der Waals surface area contributed by atoms with Crippen LogP contribution in [0.2, 0.25) is 0 Å². The number of nitrogen functional groups attached to an aromatic ring is 1. The van der Waals surface area contributed by atoms with Crippen molar-refractivity contribution in [3.8, 4) is 11.4 Å². The van der Waals surface area contributed by atoms with E-state index in [0.29, 0.717) is 29.5 Å². The van der Waals surface area contributed by atoms with Crippen molar-refractivity contribution in [2.24, 2.45) is 0 Å². The number of anilines is 1. The van der Waals surface area contributed by atoms with E-state index in [2.05, 4.69) is 15.5 Å². The molecule has 1 atom stereocenters. The maximum absolute atomic E-state index is 13.5. The van der Waals surface area contributed by atoms with Crippen LogP contribution < -0.4 is 11.2 Å². The van der Waals surface area contributed by atoms with Crippen molar-refractivity contribution in [2.75, 3.05) is 24.2 Å². The predicted molar refractivity (Wildman–Crippen MR) is 124 cm³/mol. The average Bonchev–Trinajstić information content (AvgIpc) is 3.45. The molecule has 1 amide bonds. The first-order valence-electron chi connectivity index (χ1n) is 10.3. The van der Waals surface area contributed by atoms with E-state index < -0.39 is 21.1 Å². The Labute approximate surface area is 195 Å². The number of thioether (sulfide) groups is 1. The van der Waals surface area contributed by atoms with Crippen molar-refractivity contribution in [1.82, 2.24) is 19.2 Å². The number of rotatable bonds is 7. The molecule has 174 valence electrons. The molecule has 1 fully saturated rings. The molecule has 3 N–H and O–H groups in total. The molecule has 4 rings (SSSR count). The lowest BCUT2D eigenvalue weighted by Gasteiger charge is -2.16. The van der Waals surface area contributed by atoms with Crippen molar-refractivity contribution >= 4 is 33.4 Å². The fraction of sp³-hybridized carbons (Fsp3) is 0.286. The van der Waals surface area contributed by atoms with Crippen LogP contribution in [-0.4, -0.2) is 51.8 Å². The number of nitrogens with two attached hydrogens (primary N) is 1. The maximum atomic E-state index is 13.5. The van der Waals surface area contributed by atoms with Gasteiger partial charge in [-0.25, -0.2) is 17.5 Å². The fourth-order valence-corrected chi connectivity index (χ4v) is 5.71. The predicted octanol–water partition coefficient (Wildman–Crippen LogP) is 2.70. The summed E-state index contributed by atoms with van der Waals surface area (Å²) in [5.74, 6) is 5.59. The van der Waals surface area contributed by atoms with Crippen LogP contribution in [0.1, 0.15) is 19.8 Å². The summed E-state index contributed by atoms with van der Waals surface area (Å²) in [6.07, 6.45) is 1.73. The molecule has 0 spiro atoms. The van der Waals surface area contributed by atoms with Gasteiger partial charge in [0, 0.05) is 24.3 Å². The smallest absolute Gasteiger partial charge is 0.243 e. The number of hydrogen-bond donors (Lipinski definition) is 2. The van der Waals surface area contributed by atoms with Crippen LogP contribution in [-0.2, 0) is 14.8 Å². The Hall–Kier alpha value is -2.96. The van der Waals surface area contributed by atoms with Gasteiger partial charge in [-0.2, -0.15) is 4.31 Å². The molecule has 1 saturated heterocycles. The third-order valence-electron chi connectivity index (χ3n) is 5.22. The minimum Gasteiger partial charge on any atom is -0.335 e. The number of benzene rings is 2. The Morgan fingerprint density at radius 3 is 2.52 bits per heavy atom. The van der Waals surface area contributed by atoms with Crippen molar-refractivity contribution < 1.29 is 17.6 Å². The third-order valence-corrected chi connectivity index (χ3v) is 8.19. The topological polar surface area (TPSA) is 123 Å². The van der Waals surface area contributed by atoms with Gasteiger partial charge in [0.1, 0.15) is 5.82 Å². The van der Waals surface area contributed by atoms with E-state index in [1.807, 2.05) is 0 Å². The zero-order chi connectivity index (χ0) is 23.6. The van der Waals surface area contributed by atoms with Gasteiger partial charge in [-0.1, -0.05) is 23.9 Å². The van der Waals surface area contributed by atoms with E-state index in [1.54, 1.807) is 31.2 Å². The van der Waals surface area contributed by atoms with Gasteiger partial charge in [0.15, 0.2) is 5.82 Å². The summed E-state index contributed by atoms with van der Waals surface area (Å²) in [4.78, 5) is 12.8. The van der Waals surface area contributed by atoms with Gasteiger partial charge < -0.3 is 11.2 Å². The van der Waals surface area contributed by atoms with E-state index in [0.717, 1.165) is 24.6 Å². The molecule has 9 nitrogen and oxygen atoms in total. The zero-order valence-corrected chi connectivity index (χ0v) is 19.4. The van der Waals surface area contributed by atoms with Gasteiger partial charge in [-0.15, -0.1) is 10.2 Å². The minimum absolute atomic E-state index is 0.200. The average molecular weight is 491 g/mol. The number of aromatic nitrogens is 3. The second-order valence-electron chi connectivity index (χ2n) is 7.57. The molecule has 12 heteroatoms. The zero-order valence-electron chi connectivity index (χ0n) is 17.8. The summed E-state index contributed by atoms with van der Waals surface area (Å²) < 4.78 is 41.4. The first-order chi connectivity index (χ1) is 15.8. The Morgan fingerprint density at radius 1 is 1.15 bits per heavy atom. The molecule has 1 aliphatic heterocycles. The van der Waals surface area contributed by atoms with Gasteiger partial charge in [0.2, 0.25) is 21.1 Å². The second kappa shape index (κ2) is 9.49. The van der Waals surface area contributed by atoms with Crippen LogP contribution in [0.3, 0.4) is 0 Å². The lowest BCUT2D eigenvalue weighted by Crippen LogP contribution is -2.28. The summed E-state index contributed by atoms with van der Waals surface area (Å²) in [6, 6.07) is 11.9. The quantitative estimate of drug-likeness (QED) is 0.386. The molecule has 0 saturated carbocycles. The number of sulfonamides is 1. The van der Waals surface area contributed by atoms with Crippen LogP contribution in [0.15, 0.2) is 58.6 Å². The van der Waals surface area contributed by atoms with Gasteiger partial charge in [0.25, 0.3) is 0 Å². The Balaban J connectivity index is 1.40. The van der Waals surface area contributed by atoms with Gasteiger partial charge >= 0.3 is 0 Å². The van der Waals surface area contributed by atoms with Gasteiger partial charge in [-0.3, -0.25) is 4.79 Å². The number of amides is 1. The van der Waals surface area contributed by atoms with E-state index >= 15 is 0 Å². The van der Waals surface area contributed by atoms with Crippen molar-refractivity contribution in [1.29, 1.82) is 0 Å². The monoisotopic (exact) mass is 490 g/mol. The van der Waals surface area contributed by atoms with Crippen molar-refractivity contribution in [3.63, 3.8) is 0 Å². The third kappa shape index (κ3) is 5.02. The molecular formula is C21H23FN6O3S2. The van der Waals surface area contributed by atoms with E-state index in [4.69, 9.17) is 5.84 Å². The number of nitrogens with zero attached hydrogens (tertiary/aromatic N) is 4. The second-order valence-corrected chi connectivity index (χ2v) is 10.8. The SMILES string of the molecule is C[C@@H](Sc1nnc(-c2cccc(F)c2)n1N)C(=O)Nc1ccc(S(=O)(=O)N2CCCC2)cc1. The summed E-state index contributed by atoms with van der Waals surface area (Å²) in [5.41, 5.74) is 0.945. The molecule has 33 heavy (non-hydrogen) atoms. The van der Waals surface area contributed by atoms with Crippen molar-refractivity contribution in [3.05, 3.63) is 54.3 Å². The number of hydrogen-bond acceptors (Lipinski definition) is 7. The largest absolute Gasteiger partial charge is 0.335 e. The molecule has 0 unspecified atom stereocenters. The molecular weight excluding hydrogens is 467 g/mol. The van der Waals surface area contributed by atoms with E-state index in [1.165, 1.54) is 33.2 Å². The highest BCUT2D eigenvalue weighted by Crippen LogP contribution is 2.26. The molecule has 2 aromatic carbocycles. The Morgan fingerprint density at radius 2 is 1.85 bits per heavy atom. The van der Waals surface area contributed by atoms with Gasteiger partial charge in [0.05, 0.1) is 10.1 Å². The number of halogens is 1. The summed E-state index contributed by atoms with van der Waals surface area (Å²) in [7, 11) is -3.51. The van der Waals surface area contributed by atoms with Crippen LogP contribution >= 0.6 is 11.8 Å². The van der Waals surface area contributed by atoms with E-state index in [9.17, 15) is 17.6 Å². The van der Waals surface area contributed by atoms with Crippen LogP contribution in [0.4, 0.5) is 10.1 Å². The maximum Gasteiger partial charge on any atom is 0.243 e. The number of carbonyl (C=O) groups is 1. The molecule has 0 bridgehead atoms. The fourth-order valence-electron chi connectivity index (χ4n) is 3.43. The summed E-state index contributed by atoms with van der Waals surface area (Å²) in [5, 5.41) is 10.5. The standard InChI is InChI=1S/C21H23FN6O3S2/c1-14(32-21-26-25-19(28(21)23)15-5-4-6-16(22)13-15)20(29)24-17-7-9-18(10-8-17)33(30,31)27-11-2-3-12-27/h4-10,13-14H,2-3,11-12,23H2,1H3,(H,24,29)/t14-/m1/s1. The van der Waals surface area contributed by atoms with Crippen LogP contribution in [0.5, 0.6) is 0 Å². The first-order valence-corrected chi connectivity index (χ1v) is 12.6. The van der Waals surface area contributed by atoms with Crippen LogP contribution in [0, 0.1) is 5.82 Å². The lowest BCUT2D eigenvalue weighted by atomic mass is 10.2. The lowest BCUT2D eigenvalue weighted by molar-refractivity contribution is -0.115. The molecule has 2 heterocycles. The normalized spacial score (nSPS) is 15.5. The Kier molecular flexibility index (Phi) is 6.68. The molecule has 3 aromatic rings. The Bertz CT molecular complexity index is 1260. The first kappa shape index (κ1) is 23.2. The van der Waals surface area contributed by atoms with Crippen LogP contribution in [0.25, 0.3) is 11.4 Å². The molecule has 1 aliphatic rings. The minimum atomic E-state index is -3.51. The highest BCUT2D eigenvalue weighted by atomic mass is 32.2. The molecule has 1 aromatic heterocycles. The summed E-state index contributed by atoms with van der Waals surface area (Å²) in [6.45, 7) is 2.74. The number of nitrogens with one attached hydrogen (secondary N) is 1. The van der Waals surface area contributed by atoms with Crippen molar-refractivity contribution in [2.45, 2.75) is 35.1 Å². The highest BCUT2D eigenvalue weighted by molar-refractivity contribution is 8.00. The summed E-state index contributed by atoms with van der Waals surface area (Å²) >= 11 is 1.10. The van der Waals surface area contributed by atoms with E-state index in [-0.39, 0.29) is 16.6 Å².